The highest BCUT2D eigenvalue weighted by atomic mass is 16.3. The first kappa shape index (κ1) is 35.7. The Morgan fingerprint density at radius 2 is 0.742 bits per heavy atom. The van der Waals surface area contributed by atoms with Crippen LogP contribution in [0.15, 0.2) is 241 Å². The molecule has 0 saturated heterocycles. The maximum atomic E-state index is 7.09. The molecule has 0 aliphatic rings. The van der Waals surface area contributed by atoms with Crippen molar-refractivity contribution >= 4 is 71.1 Å². The fraction of sp³-hybridized carbons (Fsp3) is 0. The van der Waals surface area contributed by atoms with Gasteiger partial charge in [-0.25, -0.2) is 0 Å². The molecule has 290 valence electrons. The minimum absolute atomic E-state index is 0.865. The average molecular weight is 790 g/mol. The van der Waals surface area contributed by atoms with Crippen LogP contribution in [0.25, 0.3) is 98.8 Å². The third-order valence-electron chi connectivity index (χ3n) is 12.4. The van der Waals surface area contributed by atoms with Crippen molar-refractivity contribution in [2.24, 2.45) is 0 Å². The van der Waals surface area contributed by atoms with E-state index in [2.05, 4.69) is 241 Å². The summed E-state index contributed by atoms with van der Waals surface area (Å²) in [5, 5.41) is 10.8. The van der Waals surface area contributed by atoms with Gasteiger partial charge in [0.25, 0.3) is 0 Å². The Hall–Kier alpha value is -8.20. The second kappa shape index (κ2) is 14.8. The van der Waals surface area contributed by atoms with Crippen LogP contribution >= 0.6 is 0 Å². The Kier molecular flexibility index (Phi) is 8.53. The zero-order chi connectivity index (χ0) is 41.0. The van der Waals surface area contributed by atoms with Crippen molar-refractivity contribution in [3.63, 3.8) is 0 Å². The lowest BCUT2D eigenvalue weighted by Gasteiger charge is -2.26. The normalized spacial score (nSPS) is 11.5. The van der Waals surface area contributed by atoms with E-state index in [1.807, 2.05) is 0 Å². The second-order valence-corrected chi connectivity index (χ2v) is 16.0. The predicted molar refractivity (Wildman–Crippen MR) is 263 cm³/mol. The second-order valence-electron chi connectivity index (χ2n) is 16.0. The monoisotopic (exact) mass is 789 g/mol. The van der Waals surface area contributed by atoms with Gasteiger partial charge in [-0.3, -0.25) is 0 Å². The van der Waals surface area contributed by atoms with E-state index in [0.717, 1.165) is 55.9 Å². The van der Waals surface area contributed by atoms with Gasteiger partial charge in [0.2, 0.25) is 0 Å². The third kappa shape index (κ3) is 5.96. The summed E-state index contributed by atoms with van der Waals surface area (Å²) in [7, 11) is 0. The van der Waals surface area contributed by atoms with Gasteiger partial charge in [0.1, 0.15) is 11.3 Å². The molecule has 0 aliphatic heterocycles. The van der Waals surface area contributed by atoms with Crippen LogP contribution < -0.4 is 4.90 Å². The Morgan fingerprint density at radius 1 is 0.290 bits per heavy atom. The van der Waals surface area contributed by atoms with Gasteiger partial charge in [0, 0.05) is 39.0 Å². The van der Waals surface area contributed by atoms with Gasteiger partial charge in [-0.15, -0.1) is 0 Å². The van der Waals surface area contributed by atoms with Crippen molar-refractivity contribution < 1.29 is 4.42 Å². The zero-order valence-electron chi connectivity index (χ0n) is 33.9. The number of fused-ring (bicyclic) bond motifs is 8. The van der Waals surface area contributed by atoms with Crippen molar-refractivity contribution in [1.82, 2.24) is 0 Å². The quantitative estimate of drug-likeness (QED) is 0.150. The summed E-state index contributed by atoms with van der Waals surface area (Å²) in [6.07, 6.45) is 0. The number of rotatable bonds is 7. The van der Waals surface area contributed by atoms with Crippen molar-refractivity contribution in [1.29, 1.82) is 0 Å². The van der Waals surface area contributed by atoms with Crippen LogP contribution in [-0.2, 0) is 0 Å². The fourth-order valence-electron chi connectivity index (χ4n) is 9.58. The molecule has 0 N–H and O–H groups in total. The molecule has 0 aliphatic carbocycles. The Bertz CT molecular complexity index is 3490. The molecule has 0 spiro atoms. The number of nitrogens with zero attached hydrogens (tertiary/aromatic N) is 1. The minimum Gasteiger partial charge on any atom is -0.455 e. The van der Waals surface area contributed by atoms with E-state index in [4.69, 9.17) is 4.42 Å². The van der Waals surface area contributed by atoms with E-state index in [9.17, 15) is 0 Å². The Labute approximate surface area is 360 Å². The first-order chi connectivity index (χ1) is 30.8. The number of benzene rings is 11. The summed E-state index contributed by atoms with van der Waals surface area (Å²) in [5.41, 5.74) is 12.1. The summed E-state index contributed by atoms with van der Waals surface area (Å²) in [6, 6.07) is 85.2. The SMILES string of the molecule is c1ccc(-c2oc3c4ccccc4c4ccccc4c3c2-c2cccc(N(c3ccc(-c4cccc5ccccc45)cc3)c3ccc(-c4cccc5ccccc45)cc3)c2)cc1. The van der Waals surface area contributed by atoms with E-state index in [-0.39, 0.29) is 0 Å². The van der Waals surface area contributed by atoms with Crippen LogP contribution in [0.1, 0.15) is 0 Å². The van der Waals surface area contributed by atoms with Gasteiger partial charge >= 0.3 is 0 Å². The van der Waals surface area contributed by atoms with Crippen LogP contribution in [0.2, 0.25) is 0 Å². The maximum Gasteiger partial charge on any atom is 0.143 e. The van der Waals surface area contributed by atoms with E-state index < -0.39 is 0 Å². The summed E-state index contributed by atoms with van der Waals surface area (Å²) in [6.45, 7) is 0. The molecule has 62 heavy (non-hydrogen) atoms. The molecule has 2 heteroatoms. The molecule has 12 rings (SSSR count). The summed E-state index contributed by atoms with van der Waals surface area (Å²) >= 11 is 0. The molecule has 11 aromatic carbocycles. The minimum atomic E-state index is 0.865. The molecule has 2 nitrogen and oxygen atoms in total. The van der Waals surface area contributed by atoms with E-state index in [1.54, 1.807) is 0 Å². The molecule has 0 fully saturated rings. The van der Waals surface area contributed by atoms with Gasteiger partial charge in [0.05, 0.1) is 0 Å². The van der Waals surface area contributed by atoms with Gasteiger partial charge in [-0.2, -0.15) is 0 Å². The Balaban J connectivity index is 1.06. The van der Waals surface area contributed by atoms with Crippen LogP contribution in [0.4, 0.5) is 17.1 Å². The molecular weight excluding hydrogens is 751 g/mol. The largest absolute Gasteiger partial charge is 0.455 e. The summed E-state index contributed by atoms with van der Waals surface area (Å²) in [5.74, 6) is 0.865. The maximum absolute atomic E-state index is 7.09. The molecule has 0 atom stereocenters. The van der Waals surface area contributed by atoms with Gasteiger partial charge in [-0.05, 0) is 102 Å². The Morgan fingerprint density at radius 3 is 1.34 bits per heavy atom. The third-order valence-corrected chi connectivity index (χ3v) is 12.4. The molecule has 0 saturated carbocycles. The first-order valence-electron chi connectivity index (χ1n) is 21.3. The lowest BCUT2D eigenvalue weighted by atomic mass is 9.92. The predicted octanol–water partition coefficient (Wildman–Crippen LogP) is 17.2. The average Bonchev–Trinajstić information content (AvgIpc) is 3.76. The van der Waals surface area contributed by atoms with E-state index in [1.165, 1.54) is 60.0 Å². The summed E-state index contributed by atoms with van der Waals surface area (Å²) < 4.78 is 7.09. The van der Waals surface area contributed by atoms with Crippen LogP contribution in [0, 0.1) is 0 Å². The fourth-order valence-corrected chi connectivity index (χ4v) is 9.58. The van der Waals surface area contributed by atoms with Crippen LogP contribution in [0.3, 0.4) is 0 Å². The summed E-state index contributed by atoms with van der Waals surface area (Å²) in [4.78, 5) is 2.38. The molecule has 0 amide bonds. The van der Waals surface area contributed by atoms with Gasteiger partial charge in [0.15, 0.2) is 0 Å². The smallest absolute Gasteiger partial charge is 0.143 e. The van der Waals surface area contributed by atoms with Gasteiger partial charge in [-0.1, -0.05) is 200 Å². The highest BCUT2D eigenvalue weighted by Crippen LogP contribution is 2.48. The van der Waals surface area contributed by atoms with Crippen molar-refractivity contribution in [3.05, 3.63) is 237 Å². The van der Waals surface area contributed by atoms with Crippen molar-refractivity contribution in [2.45, 2.75) is 0 Å². The standard InChI is InChI=1S/C60H39NO/c1-2-17-44(18-3-1)59-57(58-55-27-10-8-25-53(55)54-26-9-11-28-56(54)60(58)62-59)45-21-12-22-48(39-45)61(46-35-31-42(32-36-46)51-29-13-19-40-15-4-6-23-49(40)51)47-37-33-43(34-38-47)52-30-14-20-41-16-5-7-24-50(41)52/h1-39H. The zero-order valence-corrected chi connectivity index (χ0v) is 33.9. The van der Waals surface area contributed by atoms with Crippen molar-refractivity contribution in [3.8, 4) is 44.7 Å². The molecule has 12 aromatic rings. The van der Waals surface area contributed by atoms with E-state index >= 15 is 0 Å². The topological polar surface area (TPSA) is 16.4 Å². The first-order valence-corrected chi connectivity index (χ1v) is 21.3. The van der Waals surface area contributed by atoms with Crippen LogP contribution in [0.5, 0.6) is 0 Å². The number of furan rings is 1. The molecule has 0 unspecified atom stereocenters. The van der Waals surface area contributed by atoms with Crippen molar-refractivity contribution in [2.75, 3.05) is 4.90 Å². The number of hydrogen-bond acceptors (Lipinski definition) is 2. The molecule has 0 bridgehead atoms. The van der Waals surface area contributed by atoms with Crippen LogP contribution in [-0.4, -0.2) is 0 Å². The highest BCUT2D eigenvalue weighted by molar-refractivity contribution is 6.28. The lowest BCUT2D eigenvalue weighted by Crippen LogP contribution is -2.10. The number of hydrogen-bond donors (Lipinski definition) is 0. The van der Waals surface area contributed by atoms with Gasteiger partial charge < -0.3 is 9.32 Å². The lowest BCUT2D eigenvalue weighted by molar-refractivity contribution is 0.636. The molecule has 1 aromatic heterocycles. The number of anilines is 3. The molecule has 1 heterocycles. The molecule has 0 radical (unpaired) electrons. The highest BCUT2D eigenvalue weighted by Gasteiger charge is 2.24. The van der Waals surface area contributed by atoms with E-state index in [0.29, 0.717) is 0 Å². The molecular formula is C60H39NO.